The number of rotatable bonds is 6. The third-order valence-electron chi connectivity index (χ3n) is 6.22. The molecule has 1 N–H and O–H groups in total. The molecule has 1 fully saturated rings. The second kappa shape index (κ2) is 9.10. The number of morpholine rings is 1. The minimum atomic E-state index is 0.109. The highest BCUT2D eigenvalue weighted by Crippen LogP contribution is 2.34. The van der Waals surface area contributed by atoms with Gasteiger partial charge in [0.25, 0.3) is 5.56 Å². The lowest BCUT2D eigenvalue weighted by atomic mass is 9.97. The van der Waals surface area contributed by atoms with Crippen molar-refractivity contribution < 1.29 is 4.74 Å². The average Bonchev–Trinajstić information content (AvgIpc) is 3.16. The van der Waals surface area contributed by atoms with Crippen molar-refractivity contribution in [1.29, 1.82) is 0 Å². The number of nitrogens with one attached hydrogen (secondary N) is 1. The zero-order chi connectivity index (χ0) is 21.2. The largest absolute Gasteiger partial charge is 0.379 e. The van der Waals surface area contributed by atoms with E-state index in [4.69, 9.17) is 9.72 Å². The van der Waals surface area contributed by atoms with Crippen LogP contribution in [0.5, 0.6) is 0 Å². The smallest absolute Gasteiger partial charge is 0.263 e. The van der Waals surface area contributed by atoms with Crippen LogP contribution in [0, 0.1) is 0 Å². The van der Waals surface area contributed by atoms with Gasteiger partial charge in [0.1, 0.15) is 4.83 Å². The van der Waals surface area contributed by atoms with Crippen molar-refractivity contribution in [3.05, 3.63) is 50.6 Å². The van der Waals surface area contributed by atoms with Crippen LogP contribution in [0.25, 0.3) is 10.2 Å². The predicted octanol–water partition coefficient (Wildman–Crippen LogP) is 4.32. The van der Waals surface area contributed by atoms with Gasteiger partial charge in [0, 0.05) is 36.7 Å². The molecule has 6 nitrogen and oxygen atoms in total. The van der Waals surface area contributed by atoms with Gasteiger partial charge in [0.15, 0.2) is 0 Å². The monoisotopic (exact) mass is 438 g/mol. The van der Waals surface area contributed by atoms with Crippen LogP contribution in [0.4, 0.5) is 11.6 Å². The summed E-state index contributed by atoms with van der Waals surface area (Å²) in [6.07, 6.45) is 5.36. The first-order chi connectivity index (χ1) is 15.2. The first-order valence-corrected chi connectivity index (χ1v) is 12.3. The topological polar surface area (TPSA) is 59.4 Å². The lowest BCUT2D eigenvalue weighted by molar-refractivity contribution is 0.0342. The molecule has 3 heterocycles. The molecule has 5 rings (SSSR count). The van der Waals surface area contributed by atoms with E-state index in [1.807, 2.05) is 4.57 Å². The maximum atomic E-state index is 13.5. The number of fused-ring (bicyclic) bond motifs is 3. The Morgan fingerprint density at radius 1 is 1.19 bits per heavy atom. The first kappa shape index (κ1) is 20.7. The van der Waals surface area contributed by atoms with Crippen molar-refractivity contribution in [2.75, 3.05) is 31.6 Å². The van der Waals surface area contributed by atoms with E-state index in [2.05, 4.69) is 41.4 Å². The van der Waals surface area contributed by atoms with E-state index in [1.54, 1.807) is 11.3 Å². The summed E-state index contributed by atoms with van der Waals surface area (Å²) >= 11 is 1.71. The highest BCUT2D eigenvalue weighted by molar-refractivity contribution is 7.18. The normalized spacial score (nSPS) is 17.1. The Bertz CT molecular complexity index is 1130. The minimum Gasteiger partial charge on any atom is -0.379 e. The summed E-state index contributed by atoms with van der Waals surface area (Å²) in [5.74, 6) is 0.654. The van der Waals surface area contributed by atoms with Gasteiger partial charge in [-0.3, -0.25) is 14.3 Å². The molecule has 0 spiro atoms. The Kier molecular flexibility index (Phi) is 6.07. The number of benzene rings is 1. The van der Waals surface area contributed by atoms with Gasteiger partial charge in [0.05, 0.1) is 18.6 Å². The molecule has 0 amide bonds. The number of hydrogen-bond donors (Lipinski definition) is 1. The Hall–Kier alpha value is -2.22. The Labute approximate surface area is 186 Å². The fourth-order valence-electron chi connectivity index (χ4n) is 4.66. The van der Waals surface area contributed by atoms with Crippen LogP contribution >= 0.6 is 11.3 Å². The third-order valence-corrected chi connectivity index (χ3v) is 7.40. The molecule has 164 valence electrons. The molecule has 1 aliphatic heterocycles. The molecule has 1 aromatic carbocycles. The average molecular weight is 439 g/mol. The zero-order valence-electron chi connectivity index (χ0n) is 18.2. The maximum Gasteiger partial charge on any atom is 0.263 e. The second-order valence-electron chi connectivity index (χ2n) is 8.50. The Balaban J connectivity index is 1.47. The highest BCUT2D eigenvalue weighted by atomic mass is 32.1. The predicted molar refractivity (Wildman–Crippen MR) is 127 cm³/mol. The Morgan fingerprint density at radius 2 is 2.03 bits per heavy atom. The number of hydrogen-bond acceptors (Lipinski definition) is 6. The quantitative estimate of drug-likeness (QED) is 0.621. The molecule has 2 aliphatic rings. The van der Waals surface area contributed by atoms with E-state index in [9.17, 15) is 4.79 Å². The van der Waals surface area contributed by atoms with E-state index >= 15 is 0 Å². The molecule has 0 saturated carbocycles. The molecule has 1 saturated heterocycles. The van der Waals surface area contributed by atoms with Crippen LogP contribution in [0.15, 0.2) is 29.1 Å². The molecule has 31 heavy (non-hydrogen) atoms. The minimum absolute atomic E-state index is 0.109. The molecule has 0 atom stereocenters. The molecule has 2 aromatic heterocycles. The van der Waals surface area contributed by atoms with Crippen LogP contribution in [-0.4, -0.2) is 40.8 Å². The molecule has 1 aliphatic carbocycles. The maximum absolute atomic E-state index is 13.5. The number of anilines is 2. The van der Waals surface area contributed by atoms with Gasteiger partial charge in [-0.15, -0.1) is 11.3 Å². The molecule has 0 unspecified atom stereocenters. The second-order valence-corrected chi connectivity index (χ2v) is 9.58. The van der Waals surface area contributed by atoms with Crippen LogP contribution in [0.2, 0.25) is 0 Å². The number of aryl methyl sites for hydroxylation is 2. The fraction of sp³-hybridized carbons (Fsp3) is 0.500. The number of aromatic nitrogens is 2. The number of nitrogens with zero attached hydrogens (tertiary/aromatic N) is 3. The summed E-state index contributed by atoms with van der Waals surface area (Å²) in [7, 11) is 0. The van der Waals surface area contributed by atoms with Crippen molar-refractivity contribution in [3.8, 4) is 0 Å². The molecule has 0 bridgehead atoms. The SMILES string of the molecule is CCCn1c(Nc2cccc(CN3CCOCC3)c2)nc2sc3c(c2c1=O)CCCC3. The molecule has 3 aromatic rings. The Morgan fingerprint density at radius 3 is 2.87 bits per heavy atom. The molecule has 7 heteroatoms. The van der Waals surface area contributed by atoms with E-state index in [1.165, 1.54) is 28.8 Å². The summed E-state index contributed by atoms with van der Waals surface area (Å²) in [4.78, 5) is 23.1. The number of ether oxygens (including phenoxy) is 1. The highest BCUT2D eigenvalue weighted by Gasteiger charge is 2.22. The van der Waals surface area contributed by atoms with E-state index in [0.717, 1.165) is 68.0 Å². The molecular weight excluding hydrogens is 408 g/mol. The van der Waals surface area contributed by atoms with Crippen LogP contribution in [0.1, 0.15) is 42.2 Å². The standard InChI is InChI=1S/C24H30N4O2S/c1-2-10-28-23(29)21-19-8-3-4-9-20(19)31-22(21)26-24(28)25-18-7-5-6-17(15-18)16-27-11-13-30-14-12-27/h5-7,15H,2-4,8-14,16H2,1H3,(H,25,26). The van der Waals surface area contributed by atoms with Crippen LogP contribution in [0.3, 0.4) is 0 Å². The van der Waals surface area contributed by atoms with Crippen LogP contribution in [-0.2, 0) is 30.7 Å². The van der Waals surface area contributed by atoms with Gasteiger partial charge in [-0.2, -0.15) is 0 Å². The summed E-state index contributed by atoms with van der Waals surface area (Å²) < 4.78 is 7.29. The fourth-order valence-corrected chi connectivity index (χ4v) is 5.91. The summed E-state index contributed by atoms with van der Waals surface area (Å²) in [6, 6.07) is 8.45. The van der Waals surface area contributed by atoms with E-state index in [-0.39, 0.29) is 5.56 Å². The van der Waals surface area contributed by atoms with Gasteiger partial charge < -0.3 is 10.1 Å². The number of thiophene rings is 1. The van der Waals surface area contributed by atoms with E-state index < -0.39 is 0 Å². The van der Waals surface area contributed by atoms with Gasteiger partial charge >= 0.3 is 0 Å². The van der Waals surface area contributed by atoms with Gasteiger partial charge in [-0.1, -0.05) is 19.1 Å². The first-order valence-electron chi connectivity index (χ1n) is 11.4. The summed E-state index contributed by atoms with van der Waals surface area (Å²) in [5.41, 5.74) is 3.60. The lowest BCUT2D eigenvalue weighted by Crippen LogP contribution is -2.35. The van der Waals surface area contributed by atoms with E-state index in [0.29, 0.717) is 12.5 Å². The molecular formula is C24H30N4O2S. The molecule has 0 radical (unpaired) electrons. The van der Waals surface area contributed by atoms with Gasteiger partial charge in [0.2, 0.25) is 5.95 Å². The van der Waals surface area contributed by atoms with Crippen molar-refractivity contribution in [3.63, 3.8) is 0 Å². The van der Waals surface area contributed by atoms with Gasteiger partial charge in [-0.25, -0.2) is 4.98 Å². The van der Waals surface area contributed by atoms with Crippen LogP contribution < -0.4 is 10.9 Å². The van der Waals surface area contributed by atoms with Gasteiger partial charge in [-0.05, 0) is 55.4 Å². The summed E-state index contributed by atoms with van der Waals surface area (Å²) in [5, 5.41) is 4.32. The van der Waals surface area contributed by atoms with Crippen molar-refractivity contribution in [1.82, 2.24) is 14.5 Å². The van der Waals surface area contributed by atoms with Crippen molar-refractivity contribution >= 4 is 33.2 Å². The third kappa shape index (κ3) is 4.27. The lowest BCUT2D eigenvalue weighted by Gasteiger charge is -2.26. The summed E-state index contributed by atoms with van der Waals surface area (Å²) in [6.45, 7) is 7.22. The van der Waals surface area contributed by atoms with Crippen molar-refractivity contribution in [2.45, 2.75) is 52.1 Å². The van der Waals surface area contributed by atoms with Crippen molar-refractivity contribution in [2.24, 2.45) is 0 Å². The zero-order valence-corrected chi connectivity index (χ0v) is 19.0.